The Morgan fingerprint density at radius 3 is 1.91 bits per heavy atom. The number of hydrogen-bond acceptors (Lipinski definition) is 6. The lowest BCUT2D eigenvalue weighted by Gasteiger charge is -2.05. The molecule has 0 fully saturated rings. The van der Waals surface area contributed by atoms with Crippen molar-refractivity contribution in [2.24, 2.45) is 0 Å². The molecule has 0 aliphatic heterocycles. The molecule has 0 aliphatic carbocycles. The Hall–Kier alpha value is 0.130. The monoisotopic (exact) mass is 205 g/mol. The highest BCUT2D eigenvalue weighted by Crippen LogP contribution is 2.62. The summed E-state index contributed by atoms with van der Waals surface area (Å²) in [5, 5.41) is -1.98. The van der Waals surface area contributed by atoms with E-state index in [2.05, 4.69) is 4.52 Å². The lowest BCUT2D eigenvalue weighted by Crippen LogP contribution is -2.04. The van der Waals surface area contributed by atoms with E-state index in [-0.39, 0.29) is 0 Å². The molecule has 0 heterocycles. The van der Waals surface area contributed by atoms with Gasteiger partial charge in [-0.05, 0) is 0 Å². The number of rotatable bonds is 3. The summed E-state index contributed by atoms with van der Waals surface area (Å²) in [6, 6.07) is 0. The summed E-state index contributed by atoms with van der Waals surface area (Å²) in [6.45, 7) is 0. The Morgan fingerprint density at radius 2 is 1.82 bits per heavy atom. The van der Waals surface area contributed by atoms with Crippen LogP contribution in [0.5, 0.6) is 0 Å². The van der Waals surface area contributed by atoms with Crippen LogP contribution in [0.25, 0.3) is 0 Å². The van der Waals surface area contributed by atoms with Gasteiger partial charge >= 0.3 is 20.8 Å². The van der Waals surface area contributed by atoms with E-state index in [1.165, 1.54) is 0 Å². The minimum Gasteiger partial charge on any atom is -0.316 e. The molecule has 0 bridgehead atoms. The van der Waals surface area contributed by atoms with Crippen molar-refractivity contribution in [3.05, 3.63) is 0 Å². The zero-order valence-corrected chi connectivity index (χ0v) is 7.20. The second-order valence-corrected chi connectivity index (χ2v) is 5.26. The molecule has 1 atom stereocenters. The summed E-state index contributed by atoms with van der Waals surface area (Å²) in [6.07, 6.45) is 0. The van der Waals surface area contributed by atoms with Gasteiger partial charge < -0.3 is 9.42 Å². The summed E-state index contributed by atoms with van der Waals surface area (Å²) in [5.74, 6) is 0. The molecule has 7 nitrogen and oxygen atoms in total. The van der Waals surface area contributed by atoms with Gasteiger partial charge in [-0.25, -0.2) is 9.36 Å². The van der Waals surface area contributed by atoms with E-state index in [1.54, 1.807) is 0 Å². The molecule has 0 aromatic heterocycles. The standard InChI is InChI=1S/C2H6O7P2/c1-9-11(7,8)2(3)10(4,5)6/h4-6H,1H3/p+1. The molecular formula is C2H7O7P2+. The van der Waals surface area contributed by atoms with Gasteiger partial charge in [-0.1, -0.05) is 0 Å². The quantitative estimate of drug-likeness (QED) is 0.465. The van der Waals surface area contributed by atoms with Gasteiger partial charge in [0.05, 0.1) is 0 Å². The van der Waals surface area contributed by atoms with Crippen LogP contribution in [0.1, 0.15) is 0 Å². The summed E-state index contributed by atoms with van der Waals surface area (Å²) in [5.41, 5.74) is 0. The maximum absolute atomic E-state index is 10.5. The van der Waals surface area contributed by atoms with Crippen molar-refractivity contribution in [1.82, 2.24) is 0 Å². The van der Waals surface area contributed by atoms with E-state index >= 15 is 0 Å². The van der Waals surface area contributed by atoms with Crippen LogP contribution in [-0.2, 0) is 9.09 Å². The predicted octanol–water partition coefficient (Wildman–Crippen LogP) is -0.322. The van der Waals surface area contributed by atoms with E-state index in [0.717, 1.165) is 7.11 Å². The Kier molecular flexibility index (Phi) is 3.28. The van der Waals surface area contributed by atoms with E-state index in [0.29, 0.717) is 0 Å². The van der Waals surface area contributed by atoms with Crippen LogP contribution in [0.4, 0.5) is 4.79 Å². The Morgan fingerprint density at radius 1 is 1.45 bits per heavy atom. The topological polar surface area (TPSA) is 124 Å². The molecule has 0 aromatic rings. The van der Waals surface area contributed by atoms with Crippen molar-refractivity contribution in [1.29, 1.82) is 0 Å². The molecule has 0 spiro atoms. The fraction of sp³-hybridized carbons (Fsp3) is 0.500. The molecular weight excluding hydrogens is 198 g/mol. The predicted molar refractivity (Wildman–Crippen MR) is 35.8 cm³/mol. The lowest BCUT2D eigenvalue weighted by atomic mass is 11.8. The summed E-state index contributed by atoms with van der Waals surface area (Å²) >= 11 is 0. The second-order valence-electron chi connectivity index (χ2n) is 1.55. The van der Waals surface area contributed by atoms with E-state index in [9.17, 15) is 9.36 Å². The average molecular weight is 205 g/mol. The van der Waals surface area contributed by atoms with Crippen molar-refractivity contribution < 1.29 is 33.5 Å². The average Bonchev–Trinajstić information content (AvgIpc) is 1.84. The Labute approximate surface area is 62.4 Å². The van der Waals surface area contributed by atoms with Gasteiger partial charge in [-0.2, -0.15) is 14.7 Å². The van der Waals surface area contributed by atoms with E-state index in [1.807, 2.05) is 0 Å². The van der Waals surface area contributed by atoms with Gasteiger partial charge in [0.15, 0.2) is 0 Å². The smallest absolute Gasteiger partial charge is 0.316 e. The molecule has 11 heavy (non-hydrogen) atoms. The molecule has 9 heteroatoms. The number of hydrogen-bond donors (Lipinski definition) is 4. The van der Waals surface area contributed by atoms with Crippen LogP contribution >= 0.6 is 15.5 Å². The minimum atomic E-state index is -4.92. The van der Waals surface area contributed by atoms with Crippen molar-refractivity contribution in [2.75, 3.05) is 7.11 Å². The largest absolute Gasteiger partial charge is 0.492 e. The minimum absolute atomic E-state index is 0.730. The first-order valence-electron chi connectivity index (χ1n) is 2.22. The first kappa shape index (κ1) is 11.1. The van der Waals surface area contributed by atoms with Gasteiger partial charge in [0.1, 0.15) is 0 Å². The summed E-state index contributed by atoms with van der Waals surface area (Å²) in [4.78, 5) is 43.5. The Bertz CT molecular complexity index is 203. The van der Waals surface area contributed by atoms with Crippen LogP contribution in [0.3, 0.4) is 0 Å². The molecule has 0 saturated heterocycles. The van der Waals surface area contributed by atoms with Crippen molar-refractivity contribution in [3.63, 3.8) is 0 Å². The van der Waals surface area contributed by atoms with E-state index < -0.39 is 20.8 Å². The lowest BCUT2D eigenvalue weighted by molar-refractivity contribution is 0.244. The molecule has 1 unspecified atom stereocenters. The van der Waals surface area contributed by atoms with Crippen LogP contribution in [0, 0.1) is 0 Å². The third-order valence-electron chi connectivity index (χ3n) is 0.746. The van der Waals surface area contributed by atoms with Crippen LogP contribution in [0.15, 0.2) is 0 Å². The molecule has 0 radical (unpaired) electrons. The number of carbonyl (C=O) groups excluding carboxylic acids is 1. The van der Waals surface area contributed by atoms with Crippen LogP contribution in [0.2, 0.25) is 0 Å². The fourth-order valence-electron chi connectivity index (χ4n) is 0.248. The normalized spacial score (nSPS) is 17.5. The maximum atomic E-state index is 10.5. The van der Waals surface area contributed by atoms with Gasteiger partial charge in [-0.15, -0.1) is 0 Å². The molecule has 4 N–H and O–H groups in total. The molecule has 66 valence electrons. The molecule has 0 aliphatic rings. The third-order valence-corrected chi connectivity index (χ3v) is 3.80. The highest BCUT2D eigenvalue weighted by Gasteiger charge is 2.55. The van der Waals surface area contributed by atoms with Crippen LogP contribution in [-0.4, -0.2) is 31.9 Å². The zero-order valence-electron chi connectivity index (χ0n) is 5.41. The van der Waals surface area contributed by atoms with Crippen molar-refractivity contribution >= 4 is 20.8 Å². The highest BCUT2D eigenvalue weighted by molar-refractivity contribution is 8.00. The summed E-state index contributed by atoms with van der Waals surface area (Å²) in [7, 11) is -8.92. The highest BCUT2D eigenvalue weighted by atomic mass is 31.3. The third kappa shape index (κ3) is 2.92. The second kappa shape index (κ2) is 3.25. The van der Waals surface area contributed by atoms with Gasteiger partial charge in [0.25, 0.3) is 0 Å². The van der Waals surface area contributed by atoms with Crippen LogP contribution < -0.4 is 0 Å². The number of carbonyl (C=O) groups is 1. The SMILES string of the molecule is COP(=O)(O)C(=O)[P+](O)(O)O. The zero-order chi connectivity index (χ0) is 9.28. The molecule has 0 aromatic carbocycles. The first-order valence-corrected chi connectivity index (χ1v) is 5.45. The first-order chi connectivity index (χ1) is 4.72. The van der Waals surface area contributed by atoms with Gasteiger partial charge in [0.2, 0.25) is 0 Å². The van der Waals surface area contributed by atoms with E-state index in [4.69, 9.17) is 19.6 Å². The summed E-state index contributed by atoms with van der Waals surface area (Å²) < 4.78 is 14.2. The van der Waals surface area contributed by atoms with Gasteiger partial charge in [0, 0.05) is 7.11 Å². The maximum Gasteiger partial charge on any atom is 0.492 e. The Balaban J connectivity index is 4.65. The molecule has 0 amide bonds. The molecule has 0 rings (SSSR count). The fourth-order valence-corrected chi connectivity index (χ4v) is 2.01. The molecule has 0 saturated carbocycles. The van der Waals surface area contributed by atoms with Crippen molar-refractivity contribution in [2.45, 2.75) is 0 Å². The van der Waals surface area contributed by atoms with Gasteiger partial charge in [-0.3, -0.25) is 0 Å². The van der Waals surface area contributed by atoms with Crippen molar-refractivity contribution in [3.8, 4) is 0 Å².